The van der Waals surface area contributed by atoms with Crippen LogP contribution in [-0.4, -0.2) is 88.6 Å². The predicted molar refractivity (Wildman–Crippen MR) is 113 cm³/mol. The van der Waals surface area contributed by atoms with E-state index in [2.05, 4.69) is 10.6 Å². The molecule has 1 saturated heterocycles. The van der Waals surface area contributed by atoms with Crippen LogP contribution < -0.4 is 27.8 Å². The molecule has 0 aromatic carbocycles. The predicted octanol–water partition coefficient (Wildman–Crippen LogP) is -3.25. The van der Waals surface area contributed by atoms with E-state index in [1.807, 2.05) is 0 Å². The van der Waals surface area contributed by atoms with Crippen molar-refractivity contribution in [2.75, 3.05) is 19.7 Å². The number of carboxylic acids is 1. The topological polar surface area (TPSA) is 231 Å². The number of nitrogens with two attached hydrogens (primary N) is 3. The first-order chi connectivity index (χ1) is 15.1. The third-order valence-electron chi connectivity index (χ3n) is 5.23. The summed E-state index contributed by atoms with van der Waals surface area (Å²) >= 11 is 0. The Labute approximate surface area is 186 Å². The van der Waals surface area contributed by atoms with Gasteiger partial charge in [0.1, 0.15) is 24.2 Å². The van der Waals surface area contributed by atoms with Crippen LogP contribution in [0.15, 0.2) is 0 Å². The van der Waals surface area contributed by atoms with Gasteiger partial charge in [-0.3, -0.25) is 19.2 Å². The third kappa shape index (κ3) is 8.40. The van der Waals surface area contributed by atoms with Gasteiger partial charge in [0.15, 0.2) is 0 Å². The van der Waals surface area contributed by atoms with Gasteiger partial charge in [0.25, 0.3) is 0 Å². The second-order valence-electron chi connectivity index (χ2n) is 7.73. The molecule has 0 bridgehead atoms. The second kappa shape index (κ2) is 13.6. The van der Waals surface area contributed by atoms with Crippen molar-refractivity contribution in [1.29, 1.82) is 0 Å². The van der Waals surface area contributed by atoms with Crippen molar-refractivity contribution in [3.63, 3.8) is 0 Å². The zero-order valence-corrected chi connectivity index (χ0v) is 18.0. The molecule has 1 rings (SSSR count). The first-order valence-corrected chi connectivity index (χ1v) is 10.6. The maximum atomic E-state index is 12.9. The number of primary amides is 1. The number of amides is 4. The monoisotopic (exact) mass is 458 g/mol. The van der Waals surface area contributed by atoms with E-state index in [0.717, 1.165) is 0 Å². The van der Waals surface area contributed by atoms with Gasteiger partial charge < -0.3 is 42.9 Å². The number of hydrogen-bond acceptors (Lipinski definition) is 8. The molecule has 1 aliphatic heterocycles. The summed E-state index contributed by atoms with van der Waals surface area (Å²) in [6.45, 7) is 0.112. The summed E-state index contributed by atoms with van der Waals surface area (Å²) in [5, 5.41) is 23.4. The van der Waals surface area contributed by atoms with E-state index < -0.39 is 60.4 Å². The fourth-order valence-corrected chi connectivity index (χ4v) is 3.44. The molecule has 0 spiro atoms. The van der Waals surface area contributed by atoms with Crippen LogP contribution in [0.2, 0.25) is 0 Å². The lowest BCUT2D eigenvalue weighted by molar-refractivity contribution is -0.143. The maximum Gasteiger partial charge on any atom is 0.326 e. The Morgan fingerprint density at radius 2 is 1.75 bits per heavy atom. The van der Waals surface area contributed by atoms with Gasteiger partial charge in [-0.25, -0.2) is 4.79 Å². The Bertz CT molecular complexity index is 689. The number of carbonyl (C=O) groups excluding carboxylic acids is 4. The van der Waals surface area contributed by atoms with E-state index in [4.69, 9.17) is 22.3 Å². The largest absolute Gasteiger partial charge is 0.480 e. The van der Waals surface area contributed by atoms with Gasteiger partial charge in [-0.15, -0.1) is 0 Å². The van der Waals surface area contributed by atoms with Crippen molar-refractivity contribution in [2.45, 2.75) is 69.1 Å². The Morgan fingerprint density at radius 3 is 2.31 bits per heavy atom. The second-order valence-corrected chi connectivity index (χ2v) is 7.73. The van der Waals surface area contributed by atoms with Crippen LogP contribution in [-0.2, 0) is 24.0 Å². The molecule has 0 saturated carbocycles. The van der Waals surface area contributed by atoms with Crippen molar-refractivity contribution in [3.8, 4) is 0 Å². The number of aliphatic hydroxyl groups is 1. The zero-order chi connectivity index (χ0) is 24.3. The minimum absolute atomic E-state index is 0.191. The molecule has 0 radical (unpaired) electrons. The normalized spacial score (nSPS) is 18.5. The molecule has 0 aromatic heterocycles. The van der Waals surface area contributed by atoms with E-state index in [-0.39, 0.29) is 19.3 Å². The minimum atomic E-state index is -1.35. The number of likely N-dealkylation sites (tertiary alicyclic amines) is 1. The number of carboxylic acid groups (broad SMARTS) is 1. The van der Waals surface area contributed by atoms with E-state index >= 15 is 0 Å². The quantitative estimate of drug-likeness (QED) is 0.129. The summed E-state index contributed by atoms with van der Waals surface area (Å²) in [6, 6.07) is -4.41. The molecule has 0 aliphatic carbocycles. The smallest absolute Gasteiger partial charge is 0.326 e. The number of nitrogens with one attached hydrogen (secondary N) is 2. The lowest BCUT2D eigenvalue weighted by Gasteiger charge is -2.28. The van der Waals surface area contributed by atoms with Gasteiger partial charge in [0.2, 0.25) is 23.6 Å². The van der Waals surface area contributed by atoms with E-state index in [1.165, 1.54) is 4.90 Å². The lowest BCUT2D eigenvalue weighted by atomic mass is 10.1. The lowest BCUT2D eigenvalue weighted by Crippen LogP contribution is -2.57. The molecular formula is C19H34N6O7. The van der Waals surface area contributed by atoms with Crippen LogP contribution in [0.4, 0.5) is 0 Å². The standard InChI is InChI=1S/C19H34N6O7/c20-8-2-1-4-12(16(28)24-13(19(31)32)6-7-15(22)27)23-17(29)14-5-3-9-25(14)18(30)11(21)10-26/h11-14,26H,1-10,20-21H2,(H2,22,27)(H,23,29)(H,24,28)(H,31,32). The van der Waals surface area contributed by atoms with Crippen molar-refractivity contribution in [2.24, 2.45) is 17.2 Å². The highest BCUT2D eigenvalue weighted by atomic mass is 16.4. The molecule has 13 nitrogen and oxygen atoms in total. The number of rotatable bonds is 14. The Kier molecular flexibility index (Phi) is 11.6. The number of unbranched alkanes of at least 4 members (excludes halogenated alkanes) is 1. The average molecular weight is 459 g/mol. The number of nitrogens with zero attached hydrogens (tertiary/aromatic N) is 1. The van der Waals surface area contributed by atoms with E-state index in [9.17, 15) is 29.1 Å². The Hall–Kier alpha value is -2.77. The number of hydrogen-bond donors (Lipinski definition) is 7. The van der Waals surface area contributed by atoms with Crippen molar-refractivity contribution in [1.82, 2.24) is 15.5 Å². The summed E-state index contributed by atoms with van der Waals surface area (Å²) in [6.07, 6.45) is 1.78. The van der Waals surface area contributed by atoms with Crippen molar-refractivity contribution < 1.29 is 34.2 Å². The molecule has 1 heterocycles. The molecule has 4 atom stereocenters. The summed E-state index contributed by atoms with van der Waals surface area (Å²) in [7, 11) is 0. The fourth-order valence-electron chi connectivity index (χ4n) is 3.44. The van der Waals surface area contributed by atoms with Gasteiger partial charge >= 0.3 is 5.97 Å². The van der Waals surface area contributed by atoms with Crippen LogP contribution in [0.5, 0.6) is 0 Å². The van der Waals surface area contributed by atoms with Crippen molar-refractivity contribution in [3.05, 3.63) is 0 Å². The van der Waals surface area contributed by atoms with Crippen LogP contribution in [0, 0.1) is 0 Å². The molecule has 182 valence electrons. The van der Waals surface area contributed by atoms with Gasteiger partial charge in [-0.05, 0) is 45.1 Å². The number of carbonyl (C=O) groups is 5. The molecule has 1 fully saturated rings. The molecule has 10 N–H and O–H groups in total. The number of aliphatic hydroxyl groups excluding tert-OH is 1. The molecule has 0 aromatic rings. The molecule has 1 aliphatic rings. The summed E-state index contributed by atoms with van der Waals surface area (Å²) in [4.78, 5) is 61.6. The molecule has 13 heteroatoms. The van der Waals surface area contributed by atoms with E-state index in [1.54, 1.807) is 0 Å². The zero-order valence-electron chi connectivity index (χ0n) is 18.0. The van der Waals surface area contributed by atoms with E-state index in [0.29, 0.717) is 38.8 Å². The highest BCUT2D eigenvalue weighted by Crippen LogP contribution is 2.19. The summed E-state index contributed by atoms with van der Waals surface area (Å²) in [5.41, 5.74) is 16.1. The molecule has 32 heavy (non-hydrogen) atoms. The molecule has 4 amide bonds. The highest BCUT2D eigenvalue weighted by Gasteiger charge is 2.37. The highest BCUT2D eigenvalue weighted by molar-refractivity contribution is 5.94. The molecule has 4 unspecified atom stereocenters. The third-order valence-corrected chi connectivity index (χ3v) is 5.23. The first-order valence-electron chi connectivity index (χ1n) is 10.6. The Balaban J connectivity index is 2.89. The van der Waals surface area contributed by atoms with Crippen molar-refractivity contribution >= 4 is 29.6 Å². The number of aliphatic carboxylic acids is 1. The minimum Gasteiger partial charge on any atom is -0.480 e. The van der Waals surface area contributed by atoms with Gasteiger partial charge in [0, 0.05) is 13.0 Å². The SMILES string of the molecule is NCCCCC(NC(=O)C1CCCN1C(=O)C(N)CO)C(=O)NC(CCC(N)=O)C(=O)O. The van der Waals surface area contributed by atoms with Crippen LogP contribution in [0.25, 0.3) is 0 Å². The average Bonchev–Trinajstić information content (AvgIpc) is 3.24. The summed E-state index contributed by atoms with van der Waals surface area (Å²) < 4.78 is 0. The Morgan fingerprint density at radius 1 is 1.06 bits per heavy atom. The van der Waals surface area contributed by atoms with Gasteiger partial charge in [0.05, 0.1) is 6.61 Å². The van der Waals surface area contributed by atoms with Crippen LogP contribution in [0.1, 0.15) is 44.9 Å². The van der Waals surface area contributed by atoms with Gasteiger partial charge in [-0.1, -0.05) is 0 Å². The fraction of sp³-hybridized carbons (Fsp3) is 0.737. The van der Waals surface area contributed by atoms with Gasteiger partial charge in [-0.2, -0.15) is 0 Å². The molecular weight excluding hydrogens is 424 g/mol. The first kappa shape index (κ1) is 27.3. The maximum absolute atomic E-state index is 12.9. The summed E-state index contributed by atoms with van der Waals surface area (Å²) in [5.74, 6) is -3.90. The van der Waals surface area contributed by atoms with Crippen LogP contribution in [0.3, 0.4) is 0 Å². The van der Waals surface area contributed by atoms with Crippen LogP contribution >= 0.6 is 0 Å².